The zero-order chi connectivity index (χ0) is 18.6. The molecule has 148 valence electrons. The fourth-order valence-electron chi connectivity index (χ4n) is 2.68. The first-order chi connectivity index (χ1) is 12.7. The van der Waals surface area contributed by atoms with Crippen LogP contribution in [0.5, 0.6) is 0 Å². The molecule has 0 aliphatic carbocycles. The second kappa shape index (κ2) is 13.5. The molecule has 0 aliphatic rings. The third kappa shape index (κ3) is 9.19. The van der Waals surface area contributed by atoms with Crippen LogP contribution in [0.25, 0.3) is 0 Å². The van der Waals surface area contributed by atoms with Gasteiger partial charge in [-0.15, -0.1) is 24.0 Å². The molecule has 0 fully saturated rings. The van der Waals surface area contributed by atoms with Gasteiger partial charge in [0.05, 0.1) is 6.10 Å². The van der Waals surface area contributed by atoms with E-state index < -0.39 is 6.10 Å². The normalized spacial score (nSPS) is 12.2. The quantitative estimate of drug-likeness (QED) is 0.218. The smallest absolute Gasteiger partial charge is 0.191 e. The lowest BCUT2D eigenvalue weighted by molar-refractivity contribution is 0.168. The maximum atomic E-state index is 13.2. The van der Waals surface area contributed by atoms with Gasteiger partial charge < -0.3 is 15.7 Å². The van der Waals surface area contributed by atoms with Crippen LogP contribution in [-0.4, -0.2) is 30.7 Å². The maximum absolute atomic E-state index is 13.2. The van der Waals surface area contributed by atoms with Gasteiger partial charge in [0.15, 0.2) is 5.96 Å². The van der Waals surface area contributed by atoms with Crippen LogP contribution in [-0.2, 0) is 6.42 Å². The summed E-state index contributed by atoms with van der Waals surface area (Å²) < 4.78 is 13.2. The fraction of sp³-hybridized carbons (Fsp3) is 0.381. The van der Waals surface area contributed by atoms with E-state index in [1.54, 1.807) is 12.1 Å². The van der Waals surface area contributed by atoms with Crippen molar-refractivity contribution in [2.75, 3.05) is 19.6 Å². The minimum Gasteiger partial charge on any atom is -0.388 e. The Morgan fingerprint density at radius 2 is 1.89 bits per heavy atom. The minimum absolute atomic E-state index is 0. The standard InChI is InChI=1S/C21H28FN3O.HI/c1-2-23-21(24-14-7-9-17-8-6-12-19(22)16-17)25-15-13-20(26)18-10-4-3-5-11-18;/h3-6,8,10-12,16,20,26H,2,7,9,13-15H2,1H3,(H2,23,24,25);1H. The third-order valence-electron chi connectivity index (χ3n) is 4.02. The molecule has 0 aliphatic heterocycles. The summed E-state index contributed by atoms with van der Waals surface area (Å²) in [5.74, 6) is 0.546. The highest BCUT2D eigenvalue weighted by molar-refractivity contribution is 14.0. The van der Waals surface area contributed by atoms with Crippen molar-refractivity contribution in [3.05, 3.63) is 71.5 Å². The molecule has 0 saturated heterocycles. The van der Waals surface area contributed by atoms with Crippen molar-refractivity contribution < 1.29 is 9.50 Å². The minimum atomic E-state index is -0.487. The molecule has 1 atom stereocenters. The summed E-state index contributed by atoms with van der Waals surface area (Å²) >= 11 is 0. The summed E-state index contributed by atoms with van der Waals surface area (Å²) in [5.41, 5.74) is 1.91. The number of aliphatic hydroxyl groups is 1. The Morgan fingerprint density at radius 3 is 2.59 bits per heavy atom. The molecule has 0 saturated carbocycles. The van der Waals surface area contributed by atoms with E-state index in [9.17, 15) is 9.50 Å². The van der Waals surface area contributed by atoms with Gasteiger partial charge in [-0.25, -0.2) is 4.39 Å². The van der Waals surface area contributed by atoms with Gasteiger partial charge >= 0.3 is 0 Å². The van der Waals surface area contributed by atoms with Crippen molar-refractivity contribution in [2.45, 2.75) is 32.3 Å². The number of hydrogen-bond donors (Lipinski definition) is 3. The van der Waals surface area contributed by atoms with Gasteiger partial charge in [0, 0.05) is 19.6 Å². The predicted octanol–water partition coefficient (Wildman–Crippen LogP) is 4.06. The number of aliphatic hydroxyl groups excluding tert-OH is 1. The molecule has 0 bridgehead atoms. The van der Waals surface area contributed by atoms with E-state index >= 15 is 0 Å². The third-order valence-corrected chi connectivity index (χ3v) is 4.02. The van der Waals surface area contributed by atoms with E-state index in [1.807, 2.05) is 43.3 Å². The van der Waals surface area contributed by atoms with Gasteiger partial charge in [0.25, 0.3) is 0 Å². The number of hydrogen-bond acceptors (Lipinski definition) is 2. The summed E-state index contributed by atoms with van der Waals surface area (Å²) in [6, 6.07) is 16.3. The van der Waals surface area contributed by atoms with Crippen LogP contribution in [0.3, 0.4) is 0 Å². The van der Waals surface area contributed by atoms with Crippen LogP contribution in [0, 0.1) is 5.82 Å². The lowest BCUT2D eigenvalue weighted by atomic mass is 10.1. The number of nitrogens with one attached hydrogen (secondary N) is 2. The zero-order valence-corrected chi connectivity index (χ0v) is 18.0. The van der Waals surface area contributed by atoms with E-state index in [1.165, 1.54) is 6.07 Å². The molecule has 27 heavy (non-hydrogen) atoms. The van der Waals surface area contributed by atoms with Gasteiger partial charge in [-0.2, -0.15) is 0 Å². The van der Waals surface area contributed by atoms with Crippen LogP contribution < -0.4 is 10.6 Å². The van der Waals surface area contributed by atoms with Crippen LogP contribution in [0.15, 0.2) is 59.6 Å². The number of guanidine groups is 1. The molecular weight excluding hydrogens is 456 g/mol. The molecule has 0 heterocycles. The first-order valence-electron chi connectivity index (χ1n) is 9.18. The molecule has 2 rings (SSSR count). The number of halogens is 2. The van der Waals surface area contributed by atoms with E-state index in [4.69, 9.17) is 0 Å². The highest BCUT2D eigenvalue weighted by Crippen LogP contribution is 2.14. The van der Waals surface area contributed by atoms with Gasteiger partial charge in [-0.05, 0) is 49.4 Å². The molecule has 0 aromatic heterocycles. The zero-order valence-electron chi connectivity index (χ0n) is 15.7. The van der Waals surface area contributed by atoms with Gasteiger partial charge in [-0.1, -0.05) is 42.5 Å². The first kappa shape index (κ1) is 23.4. The van der Waals surface area contributed by atoms with Crippen molar-refractivity contribution in [1.82, 2.24) is 10.6 Å². The molecule has 2 aromatic rings. The summed E-state index contributed by atoms with van der Waals surface area (Å²) in [6.07, 6.45) is 1.78. The van der Waals surface area contributed by atoms with E-state index in [0.717, 1.165) is 36.5 Å². The maximum Gasteiger partial charge on any atom is 0.191 e. The van der Waals surface area contributed by atoms with Crippen LogP contribution in [0.4, 0.5) is 4.39 Å². The predicted molar refractivity (Wildman–Crippen MR) is 120 cm³/mol. The van der Waals surface area contributed by atoms with Crippen molar-refractivity contribution >= 4 is 29.9 Å². The Bertz CT molecular complexity index is 682. The number of aryl methyl sites for hydroxylation is 1. The van der Waals surface area contributed by atoms with Gasteiger partial charge in [0.2, 0.25) is 0 Å². The molecule has 2 aromatic carbocycles. The molecule has 6 heteroatoms. The molecule has 1 unspecified atom stereocenters. The van der Waals surface area contributed by atoms with E-state index in [0.29, 0.717) is 19.5 Å². The van der Waals surface area contributed by atoms with Gasteiger partial charge in [0.1, 0.15) is 5.82 Å². The molecular formula is C21H29FIN3O. The Kier molecular flexibility index (Phi) is 11.7. The van der Waals surface area contributed by atoms with Crippen molar-refractivity contribution in [1.29, 1.82) is 0 Å². The van der Waals surface area contributed by atoms with Crippen LogP contribution in [0.2, 0.25) is 0 Å². The monoisotopic (exact) mass is 485 g/mol. The summed E-state index contributed by atoms with van der Waals surface area (Å²) in [6.45, 7) is 4.08. The Labute approximate surface area is 178 Å². The van der Waals surface area contributed by atoms with Gasteiger partial charge in [-0.3, -0.25) is 4.99 Å². The Balaban J connectivity index is 0.00000364. The van der Waals surface area contributed by atoms with Crippen molar-refractivity contribution in [2.24, 2.45) is 4.99 Å². The summed E-state index contributed by atoms with van der Waals surface area (Å²) in [7, 11) is 0. The van der Waals surface area contributed by atoms with Crippen LogP contribution in [0.1, 0.15) is 37.0 Å². The van der Waals surface area contributed by atoms with Crippen molar-refractivity contribution in [3.8, 4) is 0 Å². The molecule has 0 amide bonds. The highest BCUT2D eigenvalue weighted by Gasteiger charge is 2.06. The molecule has 0 spiro atoms. The van der Waals surface area contributed by atoms with E-state index in [-0.39, 0.29) is 29.8 Å². The second-order valence-corrected chi connectivity index (χ2v) is 6.14. The lowest BCUT2D eigenvalue weighted by Gasteiger charge is -2.14. The average molecular weight is 485 g/mol. The van der Waals surface area contributed by atoms with Crippen molar-refractivity contribution in [3.63, 3.8) is 0 Å². The summed E-state index contributed by atoms with van der Waals surface area (Å²) in [5, 5.41) is 16.6. The largest absolute Gasteiger partial charge is 0.388 e. The number of benzene rings is 2. The Morgan fingerprint density at radius 1 is 1.11 bits per heavy atom. The fourth-order valence-corrected chi connectivity index (χ4v) is 2.68. The number of nitrogens with zero attached hydrogens (tertiary/aromatic N) is 1. The molecule has 0 radical (unpaired) electrons. The average Bonchev–Trinajstić information content (AvgIpc) is 2.66. The van der Waals surface area contributed by atoms with E-state index in [2.05, 4.69) is 15.6 Å². The second-order valence-electron chi connectivity index (χ2n) is 6.14. The first-order valence-corrected chi connectivity index (χ1v) is 9.18. The topological polar surface area (TPSA) is 56.7 Å². The summed E-state index contributed by atoms with van der Waals surface area (Å²) in [4.78, 5) is 4.54. The lowest BCUT2D eigenvalue weighted by Crippen LogP contribution is -2.38. The molecule has 3 N–H and O–H groups in total. The SMILES string of the molecule is CCNC(=NCCCc1cccc(F)c1)NCCC(O)c1ccccc1.I. The molecule has 4 nitrogen and oxygen atoms in total. The Hall–Kier alpha value is -1.67. The highest BCUT2D eigenvalue weighted by atomic mass is 127. The number of aliphatic imine (C=N–C) groups is 1. The number of rotatable bonds is 9. The van der Waals surface area contributed by atoms with Crippen LogP contribution >= 0.6 is 24.0 Å².